The lowest BCUT2D eigenvalue weighted by atomic mass is 10.2. The molecule has 108 valence electrons. The van der Waals surface area contributed by atoms with Gasteiger partial charge in [0.25, 0.3) is 0 Å². The highest BCUT2D eigenvalue weighted by Crippen LogP contribution is 2.24. The van der Waals surface area contributed by atoms with Crippen molar-refractivity contribution in [2.45, 2.75) is 43.7 Å². The molecule has 0 bridgehead atoms. The Kier molecular flexibility index (Phi) is 5.99. The molecule has 0 unspecified atom stereocenters. The Balaban J connectivity index is 2.02. The highest BCUT2D eigenvalue weighted by atomic mass is 32.2. The summed E-state index contributed by atoms with van der Waals surface area (Å²) in [5.41, 5.74) is 0. The first-order valence-corrected chi connectivity index (χ1v) is 8.34. The number of hydrogen-bond acceptors (Lipinski definition) is 3. The Morgan fingerprint density at radius 1 is 1.25 bits per heavy atom. The van der Waals surface area contributed by atoms with Gasteiger partial charge in [-0.15, -0.1) is 11.8 Å². The quantitative estimate of drug-likeness (QED) is 0.518. The van der Waals surface area contributed by atoms with Gasteiger partial charge in [0.1, 0.15) is 5.75 Å². The van der Waals surface area contributed by atoms with Crippen molar-refractivity contribution in [3.63, 3.8) is 0 Å². The fraction of sp³-hybridized carbons (Fsp3) is 0.438. The highest BCUT2D eigenvalue weighted by molar-refractivity contribution is 7.98. The number of unbranched alkanes of at least 4 members (excludes halogenated alkanes) is 2. The van der Waals surface area contributed by atoms with Crippen LogP contribution in [0, 0.1) is 0 Å². The first kappa shape index (κ1) is 15.0. The van der Waals surface area contributed by atoms with E-state index in [0.717, 1.165) is 12.2 Å². The van der Waals surface area contributed by atoms with Gasteiger partial charge in [-0.2, -0.15) is 0 Å². The number of nitrogens with zero attached hydrogens (tertiary/aromatic N) is 2. The monoisotopic (exact) mass is 290 g/mol. The second-order valence-electron chi connectivity index (χ2n) is 4.75. The van der Waals surface area contributed by atoms with E-state index in [1.165, 1.54) is 24.2 Å². The number of imidazole rings is 1. The van der Waals surface area contributed by atoms with E-state index in [-0.39, 0.29) is 6.23 Å². The molecule has 0 aliphatic heterocycles. The molecular weight excluding hydrogens is 268 g/mol. The lowest BCUT2D eigenvalue weighted by Crippen LogP contribution is -2.14. The van der Waals surface area contributed by atoms with E-state index in [9.17, 15) is 0 Å². The zero-order valence-corrected chi connectivity index (χ0v) is 13.0. The van der Waals surface area contributed by atoms with Gasteiger partial charge in [0.15, 0.2) is 6.23 Å². The number of thioether (sulfide) groups is 1. The molecule has 0 fully saturated rings. The van der Waals surface area contributed by atoms with E-state index < -0.39 is 0 Å². The summed E-state index contributed by atoms with van der Waals surface area (Å²) in [7, 11) is 0. The molecule has 0 aliphatic carbocycles. The first-order valence-electron chi connectivity index (χ1n) is 7.11. The van der Waals surface area contributed by atoms with Crippen molar-refractivity contribution in [1.29, 1.82) is 0 Å². The van der Waals surface area contributed by atoms with Crippen molar-refractivity contribution in [3.05, 3.63) is 43.0 Å². The number of aromatic nitrogens is 2. The predicted octanol–water partition coefficient (Wildman–Crippen LogP) is 4.76. The summed E-state index contributed by atoms with van der Waals surface area (Å²) in [4.78, 5) is 5.37. The maximum Gasteiger partial charge on any atom is 0.176 e. The minimum atomic E-state index is 0.0316. The van der Waals surface area contributed by atoms with E-state index in [4.69, 9.17) is 4.74 Å². The van der Waals surface area contributed by atoms with Crippen LogP contribution in [0.1, 0.15) is 38.8 Å². The largest absolute Gasteiger partial charge is 0.470 e. The van der Waals surface area contributed by atoms with Crippen LogP contribution in [-0.4, -0.2) is 15.8 Å². The van der Waals surface area contributed by atoms with Crippen LogP contribution in [0.5, 0.6) is 5.75 Å². The van der Waals surface area contributed by atoms with Gasteiger partial charge in [-0.1, -0.05) is 19.8 Å². The Hall–Kier alpha value is -1.42. The molecule has 0 amide bonds. The van der Waals surface area contributed by atoms with Gasteiger partial charge in [-0.05, 0) is 36.9 Å². The summed E-state index contributed by atoms with van der Waals surface area (Å²) >= 11 is 1.74. The normalized spacial score (nSPS) is 12.3. The number of rotatable bonds is 8. The molecule has 0 saturated carbocycles. The molecule has 1 aromatic heterocycles. The summed E-state index contributed by atoms with van der Waals surface area (Å²) < 4.78 is 8.16. The van der Waals surface area contributed by atoms with Crippen molar-refractivity contribution < 1.29 is 4.74 Å². The maximum absolute atomic E-state index is 6.12. The van der Waals surface area contributed by atoms with Gasteiger partial charge in [0.05, 0.1) is 6.33 Å². The number of hydrogen-bond donors (Lipinski definition) is 0. The van der Waals surface area contributed by atoms with E-state index in [1.807, 2.05) is 29.2 Å². The van der Waals surface area contributed by atoms with Crippen LogP contribution < -0.4 is 4.74 Å². The van der Waals surface area contributed by atoms with E-state index in [1.54, 1.807) is 18.0 Å². The summed E-state index contributed by atoms with van der Waals surface area (Å²) in [6, 6.07) is 8.26. The molecule has 1 atom stereocenters. The van der Waals surface area contributed by atoms with Gasteiger partial charge < -0.3 is 9.30 Å². The zero-order valence-electron chi connectivity index (χ0n) is 12.2. The molecule has 4 heteroatoms. The standard InChI is InChI=1S/C16H22N2OS/c1-3-4-5-6-16(18-12-11-17-13-18)19-14-7-9-15(20-2)10-8-14/h7-13,16H,3-6H2,1-2H3/t16-/m0/s1. The summed E-state index contributed by atoms with van der Waals surface area (Å²) in [5, 5.41) is 0. The molecule has 0 N–H and O–H groups in total. The molecule has 1 aromatic carbocycles. The highest BCUT2D eigenvalue weighted by Gasteiger charge is 2.11. The van der Waals surface area contributed by atoms with Gasteiger partial charge in [-0.3, -0.25) is 0 Å². The Morgan fingerprint density at radius 3 is 2.65 bits per heavy atom. The third kappa shape index (κ3) is 4.30. The topological polar surface area (TPSA) is 27.1 Å². The average Bonchev–Trinajstić information content (AvgIpc) is 3.01. The summed E-state index contributed by atoms with van der Waals surface area (Å²) in [5.74, 6) is 0.915. The third-order valence-corrected chi connectivity index (χ3v) is 3.99. The second kappa shape index (κ2) is 8.00. The van der Waals surface area contributed by atoms with Crippen molar-refractivity contribution in [2.24, 2.45) is 0 Å². The van der Waals surface area contributed by atoms with Crippen molar-refractivity contribution in [3.8, 4) is 5.75 Å². The van der Waals surface area contributed by atoms with Crippen LogP contribution in [0.15, 0.2) is 47.9 Å². The van der Waals surface area contributed by atoms with Gasteiger partial charge in [-0.25, -0.2) is 4.98 Å². The molecule has 0 radical (unpaired) electrons. The van der Waals surface area contributed by atoms with Crippen molar-refractivity contribution in [2.75, 3.05) is 6.26 Å². The maximum atomic E-state index is 6.12. The third-order valence-electron chi connectivity index (χ3n) is 3.24. The average molecular weight is 290 g/mol. The molecule has 3 nitrogen and oxygen atoms in total. The molecule has 2 aromatic rings. The van der Waals surface area contributed by atoms with E-state index >= 15 is 0 Å². The predicted molar refractivity (Wildman–Crippen MR) is 84.3 cm³/mol. The Morgan fingerprint density at radius 2 is 2.05 bits per heavy atom. The Bertz CT molecular complexity index is 482. The van der Waals surface area contributed by atoms with Crippen LogP contribution in [0.4, 0.5) is 0 Å². The van der Waals surface area contributed by atoms with E-state index in [2.05, 4.69) is 30.3 Å². The summed E-state index contributed by atoms with van der Waals surface area (Å²) in [6.45, 7) is 2.22. The first-order chi connectivity index (χ1) is 9.83. The van der Waals surface area contributed by atoms with Crippen molar-refractivity contribution >= 4 is 11.8 Å². The fourth-order valence-corrected chi connectivity index (χ4v) is 2.50. The van der Waals surface area contributed by atoms with Gasteiger partial charge in [0.2, 0.25) is 0 Å². The van der Waals surface area contributed by atoms with Crippen LogP contribution in [0.3, 0.4) is 0 Å². The van der Waals surface area contributed by atoms with Crippen LogP contribution >= 0.6 is 11.8 Å². The van der Waals surface area contributed by atoms with Crippen LogP contribution in [0.2, 0.25) is 0 Å². The zero-order chi connectivity index (χ0) is 14.2. The molecule has 20 heavy (non-hydrogen) atoms. The SMILES string of the molecule is CCCCC[C@H](Oc1ccc(SC)cc1)n1ccnc1. The number of ether oxygens (including phenoxy) is 1. The number of benzene rings is 1. The van der Waals surface area contributed by atoms with Crippen LogP contribution in [-0.2, 0) is 0 Å². The summed E-state index contributed by atoms with van der Waals surface area (Å²) in [6.07, 6.45) is 12.3. The smallest absolute Gasteiger partial charge is 0.176 e. The molecule has 0 spiro atoms. The molecule has 0 aliphatic rings. The molecule has 2 rings (SSSR count). The lowest BCUT2D eigenvalue weighted by Gasteiger charge is -2.20. The minimum Gasteiger partial charge on any atom is -0.470 e. The fourth-order valence-electron chi connectivity index (χ4n) is 2.09. The second-order valence-corrected chi connectivity index (χ2v) is 5.63. The lowest BCUT2D eigenvalue weighted by molar-refractivity contribution is 0.118. The van der Waals surface area contributed by atoms with Gasteiger partial charge in [0, 0.05) is 23.7 Å². The molecule has 0 saturated heterocycles. The van der Waals surface area contributed by atoms with E-state index in [0.29, 0.717) is 0 Å². The minimum absolute atomic E-state index is 0.0316. The molecule has 1 heterocycles. The molecular formula is C16H22N2OS. The van der Waals surface area contributed by atoms with Gasteiger partial charge >= 0.3 is 0 Å². The Labute approximate surface area is 125 Å². The van der Waals surface area contributed by atoms with Crippen molar-refractivity contribution in [1.82, 2.24) is 9.55 Å². The van der Waals surface area contributed by atoms with Crippen LogP contribution in [0.25, 0.3) is 0 Å².